The number of hydrogen-bond donors (Lipinski definition) is 1. The average molecular weight is 533 g/mol. The average Bonchev–Trinajstić information content (AvgIpc) is 3.43. The van der Waals surface area contributed by atoms with E-state index >= 15 is 0 Å². The second-order valence-electron chi connectivity index (χ2n) is 8.22. The van der Waals surface area contributed by atoms with E-state index in [-0.39, 0.29) is 24.8 Å². The fourth-order valence-corrected chi connectivity index (χ4v) is 4.51. The molecule has 1 N–H and O–H groups in total. The third-order valence-electron chi connectivity index (χ3n) is 5.76. The minimum Gasteiger partial charge on any atom is -0.497 e. The van der Waals surface area contributed by atoms with Crippen LogP contribution in [0.1, 0.15) is 22.3 Å². The van der Waals surface area contributed by atoms with E-state index in [1.54, 1.807) is 37.3 Å². The molecule has 0 aliphatic carbocycles. The van der Waals surface area contributed by atoms with Crippen LogP contribution in [0.3, 0.4) is 0 Å². The molecule has 0 fully saturated rings. The standard InChI is InChI=1S/C28H28N4O5S/c1-35-21-11-9-20(10-12-21)26-30-31-28(38-26)29-25(33)15-16-32(18-19-7-5-4-6-8-19)27(34)23-14-13-22(36-2)17-24(23)37-3/h4-14,17H,15-16,18H2,1-3H3,(H,29,31,33). The second kappa shape index (κ2) is 12.7. The first-order chi connectivity index (χ1) is 18.5. The van der Waals surface area contributed by atoms with Crippen LogP contribution in [0.25, 0.3) is 10.6 Å². The van der Waals surface area contributed by atoms with Gasteiger partial charge in [-0.2, -0.15) is 0 Å². The highest BCUT2D eigenvalue weighted by atomic mass is 32.1. The van der Waals surface area contributed by atoms with Gasteiger partial charge in [-0.1, -0.05) is 41.7 Å². The SMILES string of the molecule is COc1ccc(-c2nnc(NC(=O)CCN(Cc3ccccc3)C(=O)c3ccc(OC)cc3OC)s2)cc1. The molecule has 4 rings (SSSR count). The van der Waals surface area contributed by atoms with E-state index in [2.05, 4.69) is 15.5 Å². The summed E-state index contributed by atoms with van der Waals surface area (Å²) in [6.45, 7) is 0.529. The zero-order valence-electron chi connectivity index (χ0n) is 21.3. The van der Waals surface area contributed by atoms with Gasteiger partial charge in [0.05, 0.1) is 26.9 Å². The number of carbonyl (C=O) groups excluding carboxylic acids is 2. The third-order valence-corrected chi connectivity index (χ3v) is 6.65. The molecule has 0 radical (unpaired) electrons. The van der Waals surface area contributed by atoms with E-state index in [1.807, 2.05) is 54.6 Å². The Bertz CT molecular complexity index is 1380. The molecule has 4 aromatic rings. The van der Waals surface area contributed by atoms with Gasteiger partial charge in [-0.25, -0.2) is 0 Å². The Balaban J connectivity index is 1.45. The quantitative estimate of drug-likeness (QED) is 0.293. The number of anilines is 1. The summed E-state index contributed by atoms with van der Waals surface area (Å²) in [7, 11) is 4.66. The molecule has 0 aliphatic rings. The maximum atomic E-state index is 13.5. The highest BCUT2D eigenvalue weighted by molar-refractivity contribution is 7.18. The first-order valence-corrected chi connectivity index (χ1v) is 12.7. The molecule has 0 bridgehead atoms. The first kappa shape index (κ1) is 26.6. The Kier molecular flexibility index (Phi) is 8.89. The summed E-state index contributed by atoms with van der Waals surface area (Å²) in [6, 6.07) is 22.1. The maximum absolute atomic E-state index is 13.5. The van der Waals surface area contributed by atoms with Crippen LogP contribution < -0.4 is 19.5 Å². The molecule has 0 unspecified atom stereocenters. The molecule has 3 aromatic carbocycles. The van der Waals surface area contributed by atoms with Gasteiger partial charge in [-0.15, -0.1) is 10.2 Å². The summed E-state index contributed by atoms with van der Waals surface area (Å²) < 4.78 is 15.9. The number of carbonyl (C=O) groups is 2. The number of nitrogens with zero attached hydrogens (tertiary/aromatic N) is 3. The Morgan fingerprint density at radius 1 is 0.868 bits per heavy atom. The Hall–Kier alpha value is -4.44. The monoisotopic (exact) mass is 532 g/mol. The van der Waals surface area contributed by atoms with E-state index in [1.165, 1.54) is 18.4 Å². The number of rotatable bonds is 11. The van der Waals surface area contributed by atoms with E-state index < -0.39 is 0 Å². The van der Waals surface area contributed by atoms with Gasteiger partial charge in [0.15, 0.2) is 0 Å². The van der Waals surface area contributed by atoms with Crippen LogP contribution in [-0.2, 0) is 11.3 Å². The summed E-state index contributed by atoms with van der Waals surface area (Å²) in [5.74, 6) is 1.21. The molecular weight excluding hydrogens is 504 g/mol. The summed E-state index contributed by atoms with van der Waals surface area (Å²) in [4.78, 5) is 28.0. The van der Waals surface area contributed by atoms with Gasteiger partial charge in [0.25, 0.3) is 5.91 Å². The summed E-state index contributed by atoms with van der Waals surface area (Å²) in [5.41, 5.74) is 2.21. The smallest absolute Gasteiger partial charge is 0.257 e. The largest absolute Gasteiger partial charge is 0.497 e. The second-order valence-corrected chi connectivity index (χ2v) is 9.20. The Morgan fingerprint density at radius 2 is 1.58 bits per heavy atom. The third kappa shape index (κ3) is 6.65. The lowest BCUT2D eigenvalue weighted by Gasteiger charge is -2.24. The number of methoxy groups -OCH3 is 3. The number of nitrogens with one attached hydrogen (secondary N) is 1. The number of aromatic nitrogens is 2. The number of ether oxygens (including phenoxy) is 3. The van der Waals surface area contributed by atoms with E-state index in [4.69, 9.17) is 14.2 Å². The van der Waals surface area contributed by atoms with Crippen molar-refractivity contribution in [1.82, 2.24) is 15.1 Å². The van der Waals surface area contributed by atoms with Crippen molar-refractivity contribution in [3.8, 4) is 27.8 Å². The van der Waals surface area contributed by atoms with Crippen LogP contribution in [0.2, 0.25) is 0 Å². The zero-order chi connectivity index (χ0) is 26.9. The summed E-state index contributed by atoms with van der Waals surface area (Å²) >= 11 is 1.27. The van der Waals surface area contributed by atoms with Crippen molar-refractivity contribution in [2.75, 3.05) is 33.2 Å². The highest BCUT2D eigenvalue weighted by Crippen LogP contribution is 2.28. The minimum atomic E-state index is -0.269. The van der Waals surface area contributed by atoms with Crippen LogP contribution in [-0.4, -0.2) is 54.8 Å². The predicted octanol–water partition coefficient (Wildman–Crippen LogP) is 4.90. The van der Waals surface area contributed by atoms with Crippen LogP contribution in [0.15, 0.2) is 72.8 Å². The minimum absolute atomic E-state index is 0.0779. The molecule has 0 saturated heterocycles. The Labute approximate surface area is 225 Å². The molecule has 0 spiro atoms. The van der Waals surface area contributed by atoms with Gasteiger partial charge in [-0.3, -0.25) is 9.59 Å². The summed E-state index contributed by atoms with van der Waals surface area (Å²) in [6.07, 6.45) is 0.0779. The molecule has 9 nitrogen and oxygen atoms in total. The van der Waals surface area contributed by atoms with Gasteiger partial charge in [-0.05, 0) is 42.0 Å². The number of benzene rings is 3. The fraction of sp³-hybridized carbons (Fsp3) is 0.214. The Morgan fingerprint density at radius 3 is 2.26 bits per heavy atom. The van der Waals surface area contributed by atoms with Gasteiger partial charge < -0.3 is 24.4 Å². The number of hydrogen-bond acceptors (Lipinski definition) is 8. The molecule has 38 heavy (non-hydrogen) atoms. The normalized spacial score (nSPS) is 10.5. The van der Waals surface area contributed by atoms with Gasteiger partial charge >= 0.3 is 0 Å². The van der Waals surface area contributed by atoms with Crippen molar-refractivity contribution in [2.45, 2.75) is 13.0 Å². The lowest BCUT2D eigenvalue weighted by atomic mass is 10.1. The lowest BCUT2D eigenvalue weighted by molar-refractivity contribution is -0.116. The molecule has 1 heterocycles. The van der Waals surface area contributed by atoms with Crippen molar-refractivity contribution in [2.24, 2.45) is 0 Å². The maximum Gasteiger partial charge on any atom is 0.257 e. The zero-order valence-corrected chi connectivity index (χ0v) is 22.2. The fourth-order valence-electron chi connectivity index (χ4n) is 3.74. The van der Waals surface area contributed by atoms with Crippen molar-refractivity contribution in [3.05, 3.63) is 83.9 Å². The van der Waals surface area contributed by atoms with Crippen LogP contribution in [0, 0.1) is 0 Å². The molecular formula is C28H28N4O5S. The van der Waals surface area contributed by atoms with Gasteiger partial charge in [0.2, 0.25) is 11.0 Å². The van der Waals surface area contributed by atoms with Crippen LogP contribution in [0.5, 0.6) is 17.2 Å². The predicted molar refractivity (Wildman–Crippen MR) is 146 cm³/mol. The van der Waals surface area contributed by atoms with Crippen molar-refractivity contribution < 1.29 is 23.8 Å². The molecule has 196 valence electrons. The van der Waals surface area contributed by atoms with Crippen molar-refractivity contribution >= 4 is 28.3 Å². The molecule has 0 saturated carbocycles. The van der Waals surface area contributed by atoms with E-state index in [0.717, 1.165) is 16.9 Å². The van der Waals surface area contributed by atoms with Crippen molar-refractivity contribution in [1.29, 1.82) is 0 Å². The van der Waals surface area contributed by atoms with Gasteiger partial charge in [0.1, 0.15) is 22.3 Å². The molecule has 2 amide bonds. The topological polar surface area (TPSA) is 103 Å². The molecule has 0 aliphatic heterocycles. The molecule has 10 heteroatoms. The van der Waals surface area contributed by atoms with Crippen LogP contribution >= 0.6 is 11.3 Å². The van der Waals surface area contributed by atoms with Crippen molar-refractivity contribution in [3.63, 3.8) is 0 Å². The molecule has 0 atom stereocenters. The molecule has 1 aromatic heterocycles. The first-order valence-electron chi connectivity index (χ1n) is 11.8. The van der Waals surface area contributed by atoms with E-state index in [9.17, 15) is 9.59 Å². The van der Waals surface area contributed by atoms with Gasteiger partial charge in [0, 0.05) is 31.1 Å². The lowest BCUT2D eigenvalue weighted by Crippen LogP contribution is -2.33. The highest BCUT2D eigenvalue weighted by Gasteiger charge is 2.22. The van der Waals surface area contributed by atoms with E-state index in [0.29, 0.717) is 33.7 Å². The summed E-state index contributed by atoms with van der Waals surface area (Å²) in [5, 5.41) is 12.1. The number of amides is 2. The van der Waals surface area contributed by atoms with Crippen LogP contribution in [0.4, 0.5) is 5.13 Å².